The number of benzene rings is 3. The second-order valence-electron chi connectivity index (χ2n) is 5.73. The van der Waals surface area contributed by atoms with Gasteiger partial charge in [-0.1, -0.05) is 72.8 Å². The Bertz CT molecular complexity index is 883. The van der Waals surface area contributed by atoms with E-state index in [0.29, 0.717) is 22.3 Å². The monoisotopic (exact) mass is 340 g/mol. The number of alkyl halides is 3. The highest BCUT2D eigenvalue weighted by atomic mass is 19.4. The quantitative estimate of drug-likeness (QED) is 0.571. The Morgan fingerprint density at radius 3 is 2.20 bits per heavy atom. The fraction of sp³-hybridized carbons (Fsp3) is 0.0952. The maximum Gasteiger partial charge on any atom is 0.416 e. The van der Waals surface area contributed by atoms with E-state index in [-0.39, 0.29) is 12.2 Å². The molecule has 0 radical (unpaired) electrons. The summed E-state index contributed by atoms with van der Waals surface area (Å²) in [4.78, 5) is 12.7. The molecule has 0 fully saturated rings. The average Bonchev–Trinajstić information content (AvgIpc) is 2.62. The van der Waals surface area contributed by atoms with Gasteiger partial charge in [-0.2, -0.15) is 13.2 Å². The number of ketones is 1. The standard InChI is InChI=1S/C21H15F3O/c22-21(23,24)18-11-6-7-15(14-18)13-17-10-4-5-12-19(17)20(25)16-8-2-1-3-9-16/h1-12,14H,13H2. The molecule has 25 heavy (non-hydrogen) atoms. The van der Waals surface area contributed by atoms with Crippen molar-refractivity contribution in [2.45, 2.75) is 12.6 Å². The normalized spacial score (nSPS) is 11.3. The molecule has 0 aliphatic rings. The van der Waals surface area contributed by atoms with Crippen molar-refractivity contribution in [2.75, 3.05) is 0 Å². The summed E-state index contributed by atoms with van der Waals surface area (Å²) in [5, 5.41) is 0. The van der Waals surface area contributed by atoms with Crippen LogP contribution in [0.4, 0.5) is 13.2 Å². The van der Waals surface area contributed by atoms with Gasteiger partial charge < -0.3 is 0 Å². The number of halogens is 3. The Morgan fingerprint density at radius 1 is 0.800 bits per heavy atom. The molecular weight excluding hydrogens is 325 g/mol. The van der Waals surface area contributed by atoms with Crippen LogP contribution >= 0.6 is 0 Å². The fourth-order valence-corrected chi connectivity index (χ4v) is 2.72. The van der Waals surface area contributed by atoms with Crippen molar-refractivity contribution in [1.82, 2.24) is 0 Å². The van der Waals surface area contributed by atoms with Crippen LogP contribution < -0.4 is 0 Å². The molecule has 126 valence electrons. The van der Waals surface area contributed by atoms with Crippen molar-refractivity contribution < 1.29 is 18.0 Å². The molecule has 0 saturated carbocycles. The molecule has 0 aromatic heterocycles. The van der Waals surface area contributed by atoms with Crippen LogP contribution in [0, 0.1) is 0 Å². The second-order valence-corrected chi connectivity index (χ2v) is 5.73. The molecule has 1 nitrogen and oxygen atoms in total. The zero-order valence-corrected chi connectivity index (χ0v) is 13.3. The summed E-state index contributed by atoms with van der Waals surface area (Å²) in [5.74, 6) is -0.136. The summed E-state index contributed by atoms with van der Waals surface area (Å²) in [6.07, 6.45) is -4.12. The molecule has 0 saturated heterocycles. The summed E-state index contributed by atoms with van der Waals surface area (Å²) >= 11 is 0. The Balaban J connectivity index is 1.94. The lowest BCUT2D eigenvalue weighted by molar-refractivity contribution is -0.137. The first kappa shape index (κ1) is 17.0. The molecular formula is C21H15F3O. The van der Waals surface area contributed by atoms with E-state index >= 15 is 0 Å². The van der Waals surface area contributed by atoms with Crippen molar-refractivity contribution in [2.24, 2.45) is 0 Å². The minimum absolute atomic E-state index is 0.136. The average molecular weight is 340 g/mol. The maximum absolute atomic E-state index is 12.9. The third-order valence-electron chi connectivity index (χ3n) is 3.95. The van der Waals surface area contributed by atoms with Gasteiger partial charge in [-0.05, 0) is 23.6 Å². The van der Waals surface area contributed by atoms with Crippen LogP contribution in [-0.4, -0.2) is 5.78 Å². The predicted octanol–water partition coefficient (Wildman–Crippen LogP) is 5.53. The summed E-state index contributed by atoms with van der Waals surface area (Å²) < 4.78 is 38.6. The van der Waals surface area contributed by atoms with E-state index in [2.05, 4.69) is 0 Å². The van der Waals surface area contributed by atoms with Gasteiger partial charge in [-0.25, -0.2) is 0 Å². The minimum Gasteiger partial charge on any atom is -0.289 e. The zero-order valence-electron chi connectivity index (χ0n) is 13.3. The van der Waals surface area contributed by atoms with Crippen LogP contribution in [-0.2, 0) is 12.6 Å². The first-order valence-electron chi connectivity index (χ1n) is 7.79. The SMILES string of the molecule is O=C(c1ccccc1)c1ccccc1Cc1cccc(C(F)(F)F)c1. The first-order chi connectivity index (χ1) is 11.9. The van der Waals surface area contributed by atoms with Gasteiger partial charge in [0.2, 0.25) is 0 Å². The molecule has 0 aliphatic carbocycles. The second kappa shape index (κ2) is 6.93. The van der Waals surface area contributed by atoms with Gasteiger partial charge in [-0.3, -0.25) is 4.79 Å². The van der Waals surface area contributed by atoms with Gasteiger partial charge in [0.1, 0.15) is 0 Å². The van der Waals surface area contributed by atoms with Crippen LogP contribution in [0.1, 0.15) is 32.6 Å². The Labute approximate surface area is 143 Å². The van der Waals surface area contributed by atoms with E-state index in [1.807, 2.05) is 6.07 Å². The van der Waals surface area contributed by atoms with Gasteiger partial charge in [0.15, 0.2) is 5.78 Å². The Hall–Kier alpha value is -2.88. The lowest BCUT2D eigenvalue weighted by Gasteiger charge is -2.11. The zero-order chi connectivity index (χ0) is 17.9. The Morgan fingerprint density at radius 2 is 1.48 bits per heavy atom. The highest BCUT2D eigenvalue weighted by Gasteiger charge is 2.30. The summed E-state index contributed by atoms with van der Waals surface area (Å²) in [6, 6.07) is 21.1. The summed E-state index contributed by atoms with van der Waals surface area (Å²) in [7, 11) is 0. The number of rotatable bonds is 4. The Kier molecular flexibility index (Phi) is 4.70. The van der Waals surface area contributed by atoms with E-state index in [9.17, 15) is 18.0 Å². The van der Waals surface area contributed by atoms with Gasteiger partial charge in [0, 0.05) is 11.1 Å². The molecule has 0 atom stereocenters. The van der Waals surface area contributed by atoms with E-state index in [0.717, 1.165) is 12.1 Å². The van der Waals surface area contributed by atoms with Gasteiger partial charge in [0.25, 0.3) is 0 Å². The number of hydrogen-bond donors (Lipinski definition) is 0. The van der Waals surface area contributed by atoms with E-state index < -0.39 is 11.7 Å². The first-order valence-corrected chi connectivity index (χ1v) is 7.79. The van der Waals surface area contributed by atoms with Crippen molar-refractivity contribution >= 4 is 5.78 Å². The minimum atomic E-state index is -4.38. The fourth-order valence-electron chi connectivity index (χ4n) is 2.72. The molecule has 3 aromatic carbocycles. The van der Waals surface area contributed by atoms with Crippen molar-refractivity contribution in [3.05, 3.63) is 107 Å². The summed E-state index contributed by atoms with van der Waals surface area (Å²) in [6.45, 7) is 0. The van der Waals surface area contributed by atoms with Crippen molar-refractivity contribution in [1.29, 1.82) is 0 Å². The van der Waals surface area contributed by atoms with Gasteiger partial charge in [-0.15, -0.1) is 0 Å². The molecule has 0 unspecified atom stereocenters. The third-order valence-corrected chi connectivity index (χ3v) is 3.95. The predicted molar refractivity (Wildman–Crippen MR) is 90.6 cm³/mol. The van der Waals surface area contributed by atoms with Gasteiger partial charge >= 0.3 is 6.18 Å². The largest absolute Gasteiger partial charge is 0.416 e. The molecule has 4 heteroatoms. The highest BCUT2D eigenvalue weighted by molar-refractivity contribution is 6.09. The molecule has 3 aromatic rings. The smallest absolute Gasteiger partial charge is 0.289 e. The number of hydrogen-bond acceptors (Lipinski definition) is 1. The van der Waals surface area contributed by atoms with Crippen LogP contribution in [0.5, 0.6) is 0 Å². The van der Waals surface area contributed by atoms with Crippen LogP contribution in [0.25, 0.3) is 0 Å². The highest BCUT2D eigenvalue weighted by Crippen LogP contribution is 2.30. The lowest BCUT2D eigenvalue weighted by atomic mass is 9.94. The third kappa shape index (κ3) is 3.97. The molecule has 0 bridgehead atoms. The van der Waals surface area contributed by atoms with E-state index in [1.54, 1.807) is 54.6 Å². The maximum atomic E-state index is 12.9. The van der Waals surface area contributed by atoms with Crippen molar-refractivity contribution in [3.63, 3.8) is 0 Å². The molecule has 0 spiro atoms. The molecule has 3 rings (SSSR count). The van der Waals surface area contributed by atoms with Gasteiger partial charge in [0.05, 0.1) is 5.56 Å². The van der Waals surface area contributed by atoms with E-state index in [4.69, 9.17) is 0 Å². The summed E-state index contributed by atoms with van der Waals surface area (Å²) in [5.41, 5.74) is 1.60. The van der Waals surface area contributed by atoms with Crippen LogP contribution in [0.2, 0.25) is 0 Å². The van der Waals surface area contributed by atoms with E-state index in [1.165, 1.54) is 6.07 Å². The lowest BCUT2D eigenvalue weighted by Crippen LogP contribution is -2.07. The van der Waals surface area contributed by atoms with Crippen molar-refractivity contribution in [3.8, 4) is 0 Å². The molecule has 0 N–H and O–H groups in total. The van der Waals surface area contributed by atoms with Crippen LogP contribution in [0.15, 0.2) is 78.9 Å². The molecule has 0 heterocycles. The number of carbonyl (C=O) groups is 1. The van der Waals surface area contributed by atoms with Crippen LogP contribution in [0.3, 0.4) is 0 Å². The molecule has 0 amide bonds. The molecule has 0 aliphatic heterocycles. The number of carbonyl (C=O) groups excluding carboxylic acids is 1. The topological polar surface area (TPSA) is 17.1 Å².